The molecule has 0 spiro atoms. The molecule has 8 nitrogen and oxygen atoms in total. The first-order valence-corrected chi connectivity index (χ1v) is 3.87. The molecule has 0 bridgehead atoms. The molecule has 0 saturated heterocycles. The van der Waals surface area contributed by atoms with Gasteiger partial charge in [0, 0.05) is 0 Å². The Morgan fingerprint density at radius 2 is 1.73 bits per heavy atom. The number of hydrogen-bond acceptors (Lipinski definition) is 4. The highest BCUT2D eigenvalue weighted by molar-refractivity contribution is 5.93. The smallest absolute Gasteiger partial charge is 0.291 e. The number of guanidine groups is 1. The van der Waals surface area contributed by atoms with Gasteiger partial charge in [0.15, 0.2) is 0 Å². The Morgan fingerprint density at radius 3 is 2.00 bits per heavy atom. The summed E-state index contributed by atoms with van der Waals surface area (Å²) >= 11 is 0. The van der Waals surface area contributed by atoms with Crippen LogP contribution in [0.2, 0.25) is 0 Å². The van der Waals surface area contributed by atoms with E-state index in [1.54, 1.807) is 0 Å². The van der Waals surface area contributed by atoms with Crippen LogP contribution in [0, 0.1) is 10.1 Å². The average molecular weight is 217 g/mol. The van der Waals surface area contributed by atoms with E-state index < -0.39 is 5.09 Å². The van der Waals surface area contributed by atoms with Crippen LogP contribution in [0.5, 0.6) is 0 Å². The summed E-state index contributed by atoms with van der Waals surface area (Å²) in [7, 11) is 0. The van der Waals surface area contributed by atoms with Crippen molar-refractivity contribution >= 4 is 11.7 Å². The monoisotopic (exact) mass is 217 g/mol. The van der Waals surface area contributed by atoms with Crippen molar-refractivity contribution in [1.82, 2.24) is 0 Å². The van der Waals surface area contributed by atoms with Crippen LogP contribution in [0.15, 0.2) is 21.9 Å². The molecule has 0 fully saturated rings. The lowest BCUT2D eigenvalue weighted by Crippen LogP contribution is -2.21. The molecule has 0 aliphatic rings. The molecule has 0 saturated carbocycles. The first-order valence-electron chi connectivity index (χ1n) is 3.87. The molecular formula is C7H15N5O3. The predicted molar refractivity (Wildman–Crippen MR) is 57.1 cm³/mol. The zero-order valence-electron chi connectivity index (χ0n) is 8.84. The van der Waals surface area contributed by atoms with Crippen LogP contribution in [-0.4, -0.2) is 22.0 Å². The molecule has 8 heteroatoms. The Kier molecular flexibility index (Phi) is 8.68. The Bertz CT molecular complexity index is 283. The van der Waals surface area contributed by atoms with Crippen LogP contribution in [0.1, 0.15) is 20.8 Å². The number of allylic oxidation sites excluding steroid dienone is 2. The van der Waals surface area contributed by atoms with Crippen LogP contribution in [0.4, 0.5) is 0 Å². The molecule has 5 N–H and O–H groups in total. The first kappa shape index (κ1) is 15.4. The Hall–Kier alpha value is -2.12. The van der Waals surface area contributed by atoms with Crippen molar-refractivity contribution in [3.8, 4) is 0 Å². The summed E-state index contributed by atoms with van der Waals surface area (Å²) in [5.74, 6) is -0.0218. The summed E-state index contributed by atoms with van der Waals surface area (Å²) in [5.41, 5.74) is 12.1. The van der Waals surface area contributed by atoms with Crippen LogP contribution in [-0.2, 0) is 0 Å². The Balaban J connectivity index is 0. The predicted octanol–water partition coefficient (Wildman–Crippen LogP) is 0.254. The summed E-state index contributed by atoms with van der Waals surface area (Å²) < 4.78 is 0. The van der Waals surface area contributed by atoms with Gasteiger partial charge < -0.3 is 16.7 Å². The molecule has 15 heavy (non-hydrogen) atoms. The second-order valence-electron chi connectivity index (χ2n) is 2.73. The van der Waals surface area contributed by atoms with Crippen molar-refractivity contribution in [2.75, 3.05) is 0 Å². The van der Waals surface area contributed by atoms with Gasteiger partial charge in [0.05, 0.1) is 5.71 Å². The van der Waals surface area contributed by atoms with Crippen LogP contribution >= 0.6 is 0 Å². The fourth-order valence-corrected chi connectivity index (χ4v) is 0.583. The Labute approximate surface area is 87.1 Å². The highest BCUT2D eigenvalue weighted by Crippen LogP contribution is 1.90. The van der Waals surface area contributed by atoms with Crippen LogP contribution < -0.4 is 11.5 Å². The van der Waals surface area contributed by atoms with E-state index in [4.69, 9.17) is 26.8 Å². The van der Waals surface area contributed by atoms with Gasteiger partial charge in [0.25, 0.3) is 5.09 Å². The molecule has 86 valence electrons. The molecule has 0 aromatic rings. The van der Waals surface area contributed by atoms with E-state index >= 15 is 0 Å². The van der Waals surface area contributed by atoms with Gasteiger partial charge in [-0.3, -0.25) is 0 Å². The van der Waals surface area contributed by atoms with Crippen LogP contribution in [0.25, 0.3) is 0 Å². The van der Waals surface area contributed by atoms with E-state index in [2.05, 4.69) is 10.2 Å². The van der Waals surface area contributed by atoms with Crippen molar-refractivity contribution in [2.24, 2.45) is 21.7 Å². The zero-order chi connectivity index (χ0) is 12.4. The van der Waals surface area contributed by atoms with Gasteiger partial charge in [-0.1, -0.05) is 5.57 Å². The fourth-order valence-electron chi connectivity index (χ4n) is 0.583. The third kappa shape index (κ3) is 24.5. The number of nitrogens with zero attached hydrogens (tertiary/aromatic N) is 3. The SMILES string of the molecule is CC(C)=C/C(C)=N/N=C(N)N.O=[N+]([O-])O. The van der Waals surface area contributed by atoms with Gasteiger partial charge in [0.1, 0.15) is 0 Å². The van der Waals surface area contributed by atoms with Crippen molar-refractivity contribution in [1.29, 1.82) is 0 Å². The van der Waals surface area contributed by atoms with Crippen molar-refractivity contribution in [3.05, 3.63) is 21.8 Å². The maximum Gasteiger partial charge on any atom is 0.291 e. The summed E-state index contributed by atoms with van der Waals surface area (Å²) in [6.45, 7) is 5.79. The lowest BCUT2D eigenvalue weighted by atomic mass is 10.3. The summed E-state index contributed by atoms with van der Waals surface area (Å²) in [4.78, 5) is 8.36. The second-order valence-corrected chi connectivity index (χ2v) is 2.73. The molecule has 0 radical (unpaired) electrons. The third-order valence-corrected chi connectivity index (χ3v) is 0.821. The number of nitrogens with two attached hydrogens (primary N) is 2. The maximum absolute atomic E-state index is 8.36. The van der Waals surface area contributed by atoms with E-state index in [1.807, 2.05) is 26.8 Å². The molecule has 0 unspecified atom stereocenters. The Morgan fingerprint density at radius 1 is 1.33 bits per heavy atom. The topological polar surface area (TPSA) is 140 Å². The number of hydrogen-bond donors (Lipinski definition) is 3. The van der Waals surface area contributed by atoms with E-state index in [9.17, 15) is 0 Å². The van der Waals surface area contributed by atoms with Gasteiger partial charge >= 0.3 is 0 Å². The number of rotatable bonds is 2. The van der Waals surface area contributed by atoms with Crippen molar-refractivity contribution < 1.29 is 10.3 Å². The highest BCUT2D eigenvalue weighted by Gasteiger charge is 1.83. The quantitative estimate of drug-likeness (QED) is 0.263. The standard InChI is InChI=1S/C7H14N4.HNO3/c1-5(2)4-6(3)10-11-7(8)9;2-1(3)4/h4H,1-3H3,(H4,8,9,11);(H,2,3,4)/b10-6+;. The fraction of sp³-hybridized carbons (Fsp3) is 0.429. The summed E-state index contributed by atoms with van der Waals surface area (Å²) in [5, 5.41) is 20.9. The van der Waals surface area contributed by atoms with Gasteiger partial charge in [-0.05, 0) is 26.8 Å². The molecule has 0 heterocycles. The van der Waals surface area contributed by atoms with Crippen molar-refractivity contribution in [3.63, 3.8) is 0 Å². The van der Waals surface area contributed by atoms with Crippen molar-refractivity contribution in [2.45, 2.75) is 20.8 Å². The maximum atomic E-state index is 8.36. The molecule has 0 aliphatic heterocycles. The minimum Gasteiger partial charge on any atom is -0.369 e. The molecule has 0 aliphatic carbocycles. The lowest BCUT2D eigenvalue weighted by Gasteiger charge is -1.89. The van der Waals surface area contributed by atoms with E-state index in [1.165, 1.54) is 0 Å². The largest absolute Gasteiger partial charge is 0.369 e. The van der Waals surface area contributed by atoms with E-state index in [0.29, 0.717) is 0 Å². The highest BCUT2D eigenvalue weighted by atomic mass is 16.9. The molecule has 0 rings (SSSR count). The molecule has 0 amide bonds. The molecule has 0 aromatic heterocycles. The summed E-state index contributed by atoms with van der Waals surface area (Å²) in [6, 6.07) is 0. The molecule has 0 atom stereocenters. The normalized spacial score (nSPS) is 9.40. The van der Waals surface area contributed by atoms with Crippen LogP contribution in [0.3, 0.4) is 0 Å². The van der Waals surface area contributed by atoms with Gasteiger partial charge in [0.2, 0.25) is 5.96 Å². The van der Waals surface area contributed by atoms with E-state index in [-0.39, 0.29) is 5.96 Å². The zero-order valence-corrected chi connectivity index (χ0v) is 8.84. The average Bonchev–Trinajstić information content (AvgIpc) is 1.98. The molecule has 0 aromatic carbocycles. The van der Waals surface area contributed by atoms with E-state index in [0.717, 1.165) is 11.3 Å². The summed E-state index contributed by atoms with van der Waals surface area (Å²) in [6.07, 6.45) is 1.90. The second kappa shape index (κ2) is 8.48. The van der Waals surface area contributed by atoms with Gasteiger partial charge in [-0.2, -0.15) is 5.10 Å². The first-order chi connectivity index (χ1) is 6.75. The minimum absolute atomic E-state index is 0.0218. The van der Waals surface area contributed by atoms with Gasteiger partial charge in [-0.25, -0.2) is 0 Å². The molecular weight excluding hydrogens is 202 g/mol. The minimum atomic E-state index is -1.50. The third-order valence-electron chi connectivity index (χ3n) is 0.821. The van der Waals surface area contributed by atoms with Gasteiger partial charge in [-0.15, -0.1) is 15.2 Å². The lowest BCUT2D eigenvalue weighted by molar-refractivity contribution is -0.742.